The minimum absolute atomic E-state index is 0.0335. The molecule has 0 fully saturated rings. The summed E-state index contributed by atoms with van der Waals surface area (Å²) in [6.45, 7) is 7.54. The number of anilines is 2. The lowest BCUT2D eigenvalue weighted by molar-refractivity contribution is -0.120. The highest BCUT2D eigenvalue weighted by Crippen LogP contribution is 2.23. The first-order valence-electron chi connectivity index (χ1n) is 7.06. The van der Waals surface area contributed by atoms with E-state index in [4.69, 9.17) is 0 Å². The SMILES string of the molecule is CCNc1nc(CC)nc(N(C)CCC(=O)NC)c1C. The molecule has 1 heterocycles. The van der Waals surface area contributed by atoms with E-state index >= 15 is 0 Å². The third-order valence-corrected chi connectivity index (χ3v) is 3.14. The molecule has 0 atom stereocenters. The number of carbonyl (C=O) groups excluding carboxylic acids is 1. The first-order chi connectivity index (χ1) is 9.53. The fraction of sp³-hybridized carbons (Fsp3) is 0.643. The first kappa shape index (κ1) is 16.2. The number of hydrogen-bond acceptors (Lipinski definition) is 5. The van der Waals surface area contributed by atoms with Crippen molar-refractivity contribution >= 4 is 17.5 Å². The second kappa shape index (κ2) is 7.67. The van der Waals surface area contributed by atoms with E-state index in [9.17, 15) is 4.79 Å². The van der Waals surface area contributed by atoms with Crippen LogP contribution in [0.15, 0.2) is 0 Å². The molecule has 0 spiro atoms. The zero-order chi connectivity index (χ0) is 15.1. The van der Waals surface area contributed by atoms with Crippen LogP contribution in [0.3, 0.4) is 0 Å². The Morgan fingerprint density at radius 2 is 2.00 bits per heavy atom. The van der Waals surface area contributed by atoms with Crippen molar-refractivity contribution < 1.29 is 4.79 Å². The van der Waals surface area contributed by atoms with Gasteiger partial charge in [-0.2, -0.15) is 0 Å². The molecule has 0 aromatic carbocycles. The maximum Gasteiger partial charge on any atom is 0.221 e. The van der Waals surface area contributed by atoms with Gasteiger partial charge in [0, 0.05) is 45.6 Å². The number of carbonyl (C=O) groups is 1. The molecular weight excluding hydrogens is 254 g/mol. The van der Waals surface area contributed by atoms with Gasteiger partial charge in [-0.15, -0.1) is 0 Å². The monoisotopic (exact) mass is 279 g/mol. The number of rotatable bonds is 7. The predicted molar refractivity (Wildman–Crippen MR) is 82.3 cm³/mol. The molecule has 0 aliphatic carbocycles. The van der Waals surface area contributed by atoms with Crippen LogP contribution in [0.25, 0.3) is 0 Å². The smallest absolute Gasteiger partial charge is 0.221 e. The summed E-state index contributed by atoms with van der Waals surface area (Å²) in [5.74, 6) is 2.61. The zero-order valence-corrected chi connectivity index (χ0v) is 13.1. The van der Waals surface area contributed by atoms with Crippen molar-refractivity contribution in [2.75, 3.05) is 37.4 Å². The van der Waals surface area contributed by atoms with Crippen LogP contribution in [0, 0.1) is 6.92 Å². The average molecular weight is 279 g/mol. The van der Waals surface area contributed by atoms with Crippen LogP contribution in [-0.2, 0) is 11.2 Å². The molecule has 0 radical (unpaired) electrons. The fourth-order valence-electron chi connectivity index (χ4n) is 1.92. The quantitative estimate of drug-likeness (QED) is 0.788. The Morgan fingerprint density at radius 3 is 2.55 bits per heavy atom. The third-order valence-electron chi connectivity index (χ3n) is 3.14. The van der Waals surface area contributed by atoms with Gasteiger partial charge in [0.1, 0.15) is 17.5 Å². The van der Waals surface area contributed by atoms with Crippen LogP contribution >= 0.6 is 0 Å². The molecule has 2 N–H and O–H groups in total. The molecule has 1 aromatic rings. The van der Waals surface area contributed by atoms with Crippen molar-refractivity contribution in [3.8, 4) is 0 Å². The highest BCUT2D eigenvalue weighted by atomic mass is 16.1. The van der Waals surface area contributed by atoms with Gasteiger partial charge in [0.25, 0.3) is 0 Å². The molecule has 0 bridgehead atoms. The van der Waals surface area contributed by atoms with Crippen molar-refractivity contribution in [3.05, 3.63) is 11.4 Å². The Balaban J connectivity index is 2.96. The number of aryl methyl sites for hydroxylation is 1. The van der Waals surface area contributed by atoms with Gasteiger partial charge in [0.05, 0.1) is 0 Å². The number of aromatic nitrogens is 2. The molecular formula is C14H25N5O. The highest BCUT2D eigenvalue weighted by Gasteiger charge is 2.14. The summed E-state index contributed by atoms with van der Waals surface area (Å²) in [7, 11) is 3.60. The van der Waals surface area contributed by atoms with E-state index < -0.39 is 0 Å². The van der Waals surface area contributed by atoms with Gasteiger partial charge in [-0.1, -0.05) is 6.92 Å². The van der Waals surface area contributed by atoms with E-state index in [1.54, 1.807) is 7.05 Å². The average Bonchev–Trinajstić information content (AvgIpc) is 2.46. The van der Waals surface area contributed by atoms with E-state index in [1.165, 1.54) is 0 Å². The van der Waals surface area contributed by atoms with E-state index in [0.29, 0.717) is 13.0 Å². The van der Waals surface area contributed by atoms with Gasteiger partial charge in [0.15, 0.2) is 0 Å². The van der Waals surface area contributed by atoms with Crippen LogP contribution in [0.4, 0.5) is 11.6 Å². The van der Waals surface area contributed by atoms with E-state index in [1.807, 2.05) is 32.7 Å². The molecule has 6 nitrogen and oxygen atoms in total. The summed E-state index contributed by atoms with van der Waals surface area (Å²) in [5.41, 5.74) is 1.02. The summed E-state index contributed by atoms with van der Waals surface area (Å²) in [5, 5.41) is 5.89. The van der Waals surface area contributed by atoms with E-state index in [-0.39, 0.29) is 5.91 Å². The van der Waals surface area contributed by atoms with E-state index in [2.05, 4.69) is 20.6 Å². The Hall–Kier alpha value is -1.85. The maximum absolute atomic E-state index is 11.3. The Kier molecular flexibility index (Phi) is 6.21. The van der Waals surface area contributed by atoms with Crippen molar-refractivity contribution in [2.24, 2.45) is 0 Å². The molecule has 1 rings (SSSR count). The molecule has 0 aliphatic rings. The van der Waals surface area contributed by atoms with Gasteiger partial charge < -0.3 is 15.5 Å². The molecule has 20 heavy (non-hydrogen) atoms. The molecule has 0 saturated heterocycles. The number of nitrogens with one attached hydrogen (secondary N) is 2. The molecule has 1 aromatic heterocycles. The molecule has 0 aliphatic heterocycles. The predicted octanol–water partition coefficient (Wildman–Crippen LogP) is 1.35. The van der Waals surface area contributed by atoms with Crippen LogP contribution in [0.5, 0.6) is 0 Å². The lowest BCUT2D eigenvalue weighted by Gasteiger charge is -2.22. The molecule has 112 valence electrons. The summed E-state index contributed by atoms with van der Waals surface area (Å²) in [4.78, 5) is 22.4. The highest BCUT2D eigenvalue weighted by molar-refractivity contribution is 5.76. The molecule has 6 heteroatoms. The van der Waals surface area contributed by atoms with Crippen molar-refractivity contribution in [1.29, 1.82) is 0 Å². The first-order valence-corrected chi connectivity index (χ1v) is 7.06. The van der Waals surface area contributed by atoms with Crippen LogP contribution in [-0.4, -0.2) is 43.1 Å². The molecule has 0 unspecified atom stereocenters. The summed E-state index contributed by atoms with van der Waals surface area (Å²) in [6, 6.07) is 0. The number of amides is 1. The normalized spacial score (nSPS) is 10.2. The van der Waals surface area contributed by atoms with Gasteiger partial charge in [-0.25, -0.2) is 9.97 Å². The number of hydrogen-bond donors (Lipinski definition) is 2. The Bertz CT molecular complexity index is 461. The lowest BCUT2D eigenvalue weighted by Crippen LogP contribution is -2.28. The minimum Gasteiger partial charge on any atom is -0.370 e. The summed E-state index contributed by atoms with van der Waals surface area (Å²) in [6.07, 6.45) is 1.24. The maximum atomic E-state index is 11.3. The Morgan fingerprint density at radius 1 is 1.30 bits per heavy atom. The summed E-state index contributed by atoms with van der Waals surface area (Å²) >= 11 is 0. The summed E-state index contributed by atoms with van der Waals surface area (Å²) < 4.78 is 0. The van der Waals surface area contributed by atoms with Crippen LogP contribution < -0.4 is 15.5 Å². The standard InChI is InChI=1S/C14H25N5O/c1-6-11-17-13(16-7-2)10(3)14(18-11)19(5)9-8-12(20)15-4/h6-9H2,1-5H3,(H,15,20)(H,16,17,18). The number of nitrogens with zero attached hydrogens (tertiary/aromatic N) is 3. The van der Waals surface area contributed by atoms with E-state index in [0.717, 1.165) is 36.0 Å². The Labute approximate surface area is 121 Å². The largest absolute Gasteiger partial charge is 0.370 e. The second-order valence-corrected chi connectivity index (χ2v) is 4.67. The van der Waals surface area contributed by atoms with Crippen LogP contribution in [0.1, 0.15) is 31.7 Å². The zero-order valence-electron chi connectivity index (χ0n) is 13.1. The van der Waals surface area contributed by atoms with Crippen LogP contribution in [0.2, 0.25) is 0 Å². The van der Waals surface area contributed by atoms with Gasteiger partial charge in [-0.3, -0.25) is 4.79 Å². The lowest BCUT2D eigenvalue weighted by atomic mass is 10.2. The minimum atomic E-state index is 0.0335. The molecule has 1 amide bonds. The van der Waals surface area contributed by atoms with Crippen molar-refractivity contribution in [3.63, 3.8) is 0 Å². The fourth-order valence-corrected chi connectivity index (χ4v) is 1.92. The van der Waals surface area contributed by atoms with Gasteiger partial charge >= 0.3 is 0 Å². The van der Waals surface area contributed by atoms with Gasteiger partial charge in [0.2, 0.25) is 5.91 Å². The van der Waals surface area contributed by atoms with Crippen molar-refractivity contribution in [2.45, 2.75) is 33.6 Å². The third kappa shape index (κ3) is 4.08. The second-order valence-electron chi connectivity index (χ2n) is 4.67. The molecule has 0 saturated carbocycles. The van der Waals surface area contributed by atoms with Gasteiger partial charge in [-0.05, 0) is 13.8 Å². The topological polar surface area (TPSA) is 70.2 Å². The van der Waals surface area contributed by atoms with Crippen molar-refractivity contribution in [1.82, 2.24) is 15.3 Å².